The second-order valence-electron chi connectivity index (χ2n) is 7.10. The number of nitrogens with zero attached hydrogens (tertiary/aromatic N) is 1. The van der Waals surface area contributed by atoms with Crippen LogP contribution in [0, 0.1) is 0 Å². The third kappa shape index (κ3) is 5.11. The van der Waals surface area contributed by atoms with Crippen LogP contribution in [0.2, 0.25) is 0 Å². The molecule has 22 heavy (non-hydrogen) atoms. The molecule has 2 rings (SSSR count). The summed E-state index contributed by atoms with van der Waals surface area (Å²) in [5.74, 6) is 0. The molecule has 1 amide bonds. The van der Waals surface area contributed by atoms with E-state index in [2.05, 4.69) is 0 Å². The van der Waals surface area contributed by atoms with Crippen LogP contribution in [0.1, 0.15) is 46.5 Å². The minimum Gasteiger partial charge on any atom is -0.444 e. The molecule has 0 aromatic heterocycles. The Balaban J connectivity index is 1.88. The molecule has 0 saturated carbocycles. The molecule has 1 N–H and O–H groups in total. The Bertz CT molecular complexity index is 362. The van der Waals surface area contributed by atoms with Gasteiger partial charge in [0, 0.05) is 13.2 Å². The van der Waals surface area contributed by atoms with Crippen LogP contribution in [0.15, 0.2) is 0 Å². The number of hydrogen-bond donors (Lipinski definition) is 1. The third-order valence-electron chi connectivity index (χ3n) is 4.05. The number of carbonyl (C=O) groups excluding carboxylic acids is 1. The minimum absolute atomic E-state index is 0.245. The molecule has 128 valence electrons. The maximum absolute atomic E-state index is 12.3. The predicted molar refractivity (Wildman–Crippen MR) is 81.8 cm³/mol. The number of ether oxygens (including phenoxy) is 3. The lowest BCUT2D eigenvalue weighted by molar-refractivity contribution is -0.0699. The molecular weight excluding hydrogens is 286 g/mol. The van der Waals surface area contributed by atoms with Gasteiger partial charge >= 0.3 is 6.09 Å². The van der Waals surface area contributed by atoms with Gasteiger partial charge in [-0.3, -0.25) is 4.90 Å². The Kier molecular flexibility index (Phi) is 6.06. The average Bonchev–Trinajstić information content (AvgIpc) is 2.96. The predicted octanol–water partition coefficient (Wildman–Crippen LogP) is 1.94. The molecule has 3 unspecified atom stereocenters. The summed E-state index contributed by atoms with van der Waals surface area (Å²) in [6, 6.07) is -0.343. The topological polar surface area (TPSA) is 68.2 Å². The van der Waals surface area contributed by atoms with Gasteiger partial charge in [0.1, 0.15) is 5.60 Å². The normalized spacial score (nSPS) is 27.7. The summed E-state index contributed by atoms with van der Waals surface area (Å²) in [5.41, 5.74) is -0.539. The molecule has 6 nitrogen and oxygen atoms in total. The van der Waals surface area contributed by atoms with Gasteiger partial charge in [0.25, 0.3) is 0 Å². The van der Waals surface area contributed by atoms with Crippen LogP contribution >= 0.6 is 0 Å². The van der Waals surface area contributed by atoms with Crippen LogP contribution in [0.25, 0.3) is 0 Å². The highest BCUT2D eigenvalue weighted by Crippen LogP contribution is 2.22. The van der Waals surface area contributed by atoms with Crippen molar-refractivity contribution in [3.63, 3.8) is 0 Å². The summed E-state index contributed by atoms with van der Waals surface area (Å²) in [7, 11) is 0. The van der Waals surface area contributed by atoms with E-state index in [1.165, 1.54) is 0 Å². The molecule has 2 aliphatic rings. The first kappa shape index (κ1) is 17.5. The average molecular weight is 315 g/mol. The Hall–Kier alpha value is -0.850. The van der Waals surface area contributed by atoms with Crippen molar-refractivity contribution >= 4 is 6.09 Å². The van der Waals surface area contributed by atoms with E-state index >= 15 is 0 Å². The van der Waals surface area contributed by atoms with Crippen molar-refractivity contribution in [1.82, 2.24) is 4.90 Å². The van der Waals surface area contributed by atoms with E-state index in [4.69, 9.17) is 14.2 Å². The van der Waals surface area contributed by atoms with Crippen molar-refractivity contribution in [2.24, 2.45) is 0 Å². The smallest absolute Gasteiger partial charge is 0.410 e. The van der Waals surface area contributed by atoms with Gasteiger partial charge in [-0.05, 0) is 46.5 Å². The Labute approximate surface area is 132 Å². The quantitative estimate of drug-likeness (QED) is 0.859. The van der Waals surface area contributed by atoms with E-state index in [1.807, 2.05) is 20.8 Å². The number of amides is 1. The number of hydrogen-bond acceptors (Lipinski definition) is 5. The molecule has 0 radical (unpaired) electrons. The van der Waals surface area contributed by atoms with Gasteiger partial charge in [0.05, 0.1) is 31.5 Å². The SMILES string of the molecule is CC(C)(C)OC(=O)N1CCOCC1C(O)CCC1CCCO1. The van der Waals surface area contributed by atoms with Gasteiger partial charge < -0.3 is 19.3 Å². The largest absolute Gasteiger partial charge is 0.444 e. The van der Waals surface area contributed by atoms with Gasteiger partial charge in [0.2, 0.25) is 0 Å². The zero-order valence-electron chi connectivity index (χ0n) is 13.9. The second kappa shape index (κ2) is 7.62. The molecule has 2 saturated heterocycles. The lowest BCUT2D eigenvalue weighted by atomic mass is 10.0. The van der Waals surface area contributed by atoms with Gasteiger partial charge in [-0.1, -0.05) is 0 Å². The van der Waals surface area contributed by atoms with Crippen molar-refractivity contribution in [3.05, 3.63) is 0 Å². The highest BCUT2D eigenvalue weighted by molar-refractivity contribution is 5.68. The van der Waals surface area contributed by atoms with Gasteiger partial charge in [-0.2, -0.15) is 0 Å². The van der Waals surface area contributed by atoms with Crippen LogP contribution in [-0.4, -0.2) is 66.3 Å². The van der Waals surface area contributed by atoms with Gasteiger partial charge in [-0.15, -0.1) is 0 Å². The number of aliphatic hydroxyl groups excluding tert-OH is 1. The molecule has 0 aromatic carbocycles. The molecule has 3 atom stereocenters. The van der Waals surface area contributed by atoms with Crippen LogP contribution < -0.4 is 0 Å². The van der Waals surface area contributed by atoms with Crippen LogP contribution in [-0.2, 0) is 14.2 Å². The van der Waals surface area contributed by atoms with Crippen LogP contribution in [0.5, 0.6) is 0 Å². The fourth-order valence-corrected chi connectivity index (χ4v) is 2.91. The third-order valence-corrected chi connectivity index (χ3v) is 4.05. The van der Waals surface area contributed by atoms with E-state index in [-0.39, 0.29) is 18.2 Å². The zero-order valence-corrected chi connectivity index (χ0v) is 13.9. The van der Waals surface area contributed by atoms with E-state index in [0.717, 1.165) is 25.9 Å². The summed E-state index contributed by atoms with van der Waals surface area (Å²) in [4.78, 5) is 13.9. The fraction of sp³-hybridized carbons (Fsp3) is 0.938. The second-order valence-corrected chi connectivity index (χ2v) is 7.10. The first-order valence-corrected chi connectivity index (χ1v) is 8.24. The standard InChI is InChI=1S/C16H29NO5/c1-16(2,3)22-15(19)17-8-10-20-11-13(17)14(18)7-6-12-5-4-9-21-12/h12-14,18H,4-11H2,1-3H3. The molecule has 2 fully saturated rings. The van der Waals surface area contributed by atoms with Crippen molar-refractivity contribution in [2.45, 2.75) is 70.3 Å². The van der Waals surface area contributed by atoms with E-state index in [0.29, 0.717) is 26.2 Å². The number of aliphatic hydroxyl groups is 1. The van der Waals surface area contributed by atoms with Gasteiger partial charge in [-0.25, -0.2) is 4.79 Å². The molecule has 6 heteroatoms. The van der Waals surface area contributed by atoms with Crippen molar-refractivity contribution in [1.29, 1.82) is 0 Å². The summed E-state index contributed by atoms with van der Waals surface area (Å²) < 4.78 is 16.5. The highest BCUT2D eigenvalue weighted by Gasteiger charge is 2.35. The Morgan fingerprint density at radius 2 is 2.18 bits per heavy atom. The van der Waals surface area contributed by atoms with Crippen molar-refractivity contribution in [2.75, 3.05) is 26.4 Å². The minimum atomic E-state index is -0.614. The maximum atomic E-state index is 12.3. The van der Waals surface area contributed by atoms with E-state index < -0.39 is 11.7 Å². The summed E-state index contributed by atoms with van der Waals surface area (Å²) in [6.45, 7) is 7.63. The fourth-order valence-electron chi connectivity index (χ4n) is 2.91. The van der Waals surface area contributed by atoms with Crippen molar-refractivity contribution < 1.29 is 24.1 Å². The summed E-state index contributed by atoms with van der Waals surface area (Å²) in [6.07, 6.45) is 2.84. The maximum Gasteiger partial charge on any atom is 0.410 e. The van der Waals surface area contributed by atoms with Crippen molar-refractivity contribution in [3.8, 4) is 0 Å². The van der Waals surface area contributed by atoms with Gasteiger partial charge in [0.15, 0.2) is 0 Å². The highest BCUT2D eigenvalue weighted by atomic mass is 16.6. The van der Waals surface area contributed by atoms with E-state index in [9.17, 15) is 9.90 Å². The monoisotopic (exact) mass is 315 g/mol. The molecule has 0 bridgehead atoms. The lowest BCUT2D eigenvalue weighted by Crippen LogP contribution is -2.55. The zero-order chi connectivity index (χ0) is 16.2. The molecule has 0 aromatic rings. The summed E-state index contributed by atoms with van der Waals surface area (Å²) >= 11 is 0. The van der Waals surface area contributed by atoms with Crippen LogP contribution in [0.4, 0.5) is 4.79 Å². The summed E-state index contributed by atoms with van der Waals surface area (Å²) in [5, 5.41) is 10.5. The molecule has 2 aliphatic heterocycles. The molecular formula is C16H29NO5. The molecule has 2 heterocycles. The lowest BCUT2D eigenvalue weighted by Gasteiger charge is -2.39. The first-order chi connectivity index (χ1) is 10.4. The number of carbonyl (C=O) groups is 1. The van der Waals surface area contributed by atoms with E-state index in [1.54, 1.807) is 4.90 Å². The molecule has 0 aliphatic carbocycles. The number of rotatable bonds is 4. The first-order valence-electron chi connectivity index (χ1n) is 8.24. The van der Waals surface area contributed by atoms with Crippen LogP contribution in [0.3, 0.4) is 0 Å². The Morgan fingerprint density at radius 1 is 1.41 bits per heavy atom. The molecule has 0 spiro atoms. The Morgan fingerprint density at radius 3 is 2.82 bits per heavy atom. The number of morpholine rings is 1.